The Morgan fingerprint density at radius 1 is 1.00 bits per heavy atom. The van der Waals surface area contributed by atoms with Gasteiger partial charge in [0.25, 0.3) is 0 Å². The van der Waals surface area contributed by atoms with Crippen LogP contribution in [0.1, 0.15) is 46.4 Å². The third-order valence-electron chi connectivity index (χ3n) is 5.97. The summed E-state index contributed by atoms with van der Waals surface area (Å²) in [5.41, 5.74) is 2.36. The van der Waals surface area contributed by atoms with Gasteiger partial charge in [-0.15, -0.1) is 14.5 Å². The highest BCUT2D eigenvalue weighted by molar-refractivity contribution is 5.68. The van der Waals surface area contributed by atoms with Crippen LogP contribution in [0.15, 0.2) is 36.7 Å². The van der Waals surface area contributed by atoms with Gasteiger partial charge in [-0.2, -0.15) is 5.26 Å². The molecule has 1 aliphatic rings. The van der Waals surface area contributed by atoms with Crippen molar-refractivity contribution in [2.75, 3.05) is 0 Å². The van der Waals surface area contributed by atoms with Crippen LogP contribution >= 0.6 is 0 Å². The number of esters is 3. The van der Waals surface area contributed by atoms with Crippen molar-refractivity contribution in [3.63, 3.8) is 0 Å². The average Bonchev–Trinajstić information content (AvgIpc) is 3.54. The Morgan fingerprint density at radius 3 is 2.21 bits per heavy atom. The second-order valence-electron chi connectivity index (χ2n) is 8.86. The lowest BCUT2D eigenvalue weighted by atomic mass is 9.98. The van der Waals surface area contributed by atoms with Crippen molar-refractivity contribution < 1.29 is 38.0 Å². The Kier molecular flexibility index (Phi) is 8.01. The molecule has 0 N–H and O–H groups in total. The van der Waals surface area contributed by atoms with E-state index >= 15 is 0 Å². The fourth-order valence-electron chi connectivity index (χ4n) is 4.34. The van der Waals surface area contributed by atoms with E-state index in [1.807, 2.05) is 6.92 Å². The van der Waals surface area contributed by atoms with Crippen LogP contribution in [0.2, 0.25) is 0 Å². The number of nitrogens with zero attached hydrogens (tertiary/aromatic N) is 7. The Hall–Kier alpha value is -4.64. The number of carbonyl (C=O) groups is 3. The third-order valence-corrected chi connectivity index (χ3v) is 5.97. The number of hydrogen-bond donors (Lipinski definition) is 0. The van der Waals surface area contributed by atoms with E-state index in [4.69, 9.17) is 24.2 Å². The molecule has 1 aliphatic heterocycles. The van der Waals surface area contributed by atoms with Crippen molar-refractivity contribution in [1.29, 1.82) is 5.26 Å². The van der Waals surface area contributed by atoms with Gasteiger partial charge in [0.15, 0.2) is 42.1 Å². The number of aromatic nitrogens is 6. The Morgan fingerprint density at radius 2 is 1.62 bits per heavy atom. The minimum atomic E-state index is -1.19. The van der Waals surface area contributed by atoms with Gasteiger partial charge in [-0.1, -0.05) is 5.21 Å². The minimum Gasteiger partial charge on any atom is -0.456 e. The van der Waals surface area contributed by atoms with Gasteiger partial charge in [-0.25, -0.2) is 4.68 Å². The molecule has 0 aliphatic carbocycles. The van der Waals surface area contributed by atoms with Crippen LogP contribution in [0.25, 0.3) is 17.1 Å². The highest BCUT2D eigenvalue weighted by atomic mass is 16.7. The molecule has 0 spiro atoms. The first-order valence-electron chi connectivity index (χ1n) is 12.2. The van der Waals surface area contributed by atoms with Gasteiger partial charge in [0, 0.05) is 20.8 Å². The molecule has 14 nitrogen and oxygen atoms in total. The molecule has 0 saturated carbocycles. The van der Waals surface area contributed by atoms with E-state index in [1.54, 1.807) is 52.9 Å². The molecule has 204 valence electrons. The quantitative estimate of drug-likeness (QED) is 0.240. The monoisotopic (exact) mass is 538 g/mol. The van der Waals surface area contributed by atoms with Crippen LogP contribution in [0.5, 0.6) is 0 Å². The summed E-state index contributed by atoms with van der Waals surface area (Å²) < 4.78 is 27.1. The number of nitriles is 1. The number of ether oxygens (including phenoxy) is 4. The van der Waals surface area contributed by atoms with Gasteiger partial charge in [0.05, 0.1) is 29.1 Å². The molecule has 1 saturated heterocycles. The molecule has 0 bridgehead atoms. The largest absolute Gasteiger partial charge is 0.456 e. The predicted octanol–water partition coefficient (Wildman–Crippen LogP) is 1.02. The molecule has 2 aromatic heterocycles. The van der Waals surface area contributed by atoms with Crippen molar-refractivity contribution >= 4 is 17.9 Å². The van der Waals surface area contributed by atoms with E-state index in [9.17, 15) is 14.4 Å². The van der Waals surface area contributed by atoms with Crippen molar-refractivity contribution in [3.05, 3.63) is 42.2 Å². The molecule has 0 unspecified atom stereocenters. The minimum absolute atomic E-state index is 0.445. The maximum absolute atomic E-state index is 12.0. The van der Waals surface area contributed by atoms with Gasteiger partial charge in [0.2, 0.25) is 5.69 Å². The zero-order valence-corrected chi connectivity index (χ0v) is 22.0. The number of rotatable bonds is 7. The second kappa shape index (κ2) is 11.4. The first-order valence-corrected chi connectivity index (χ1v) is 12.2. The second-order valence-corrected chi connectivity index (χ2v) is 8.86. The summed E-state index contributed by atoms with van der Waals surface area (Å²) in [4.78, 5) is 35.7. The predicted molar refractivity (Wildman–Crippen MR) is 129 cm³/mol. The maximum Gasteiger partial charge on any atom is 0.303 e. The summed E-state index contributed by atoms with van der Waals surface area (Å²) in [7, 11) is 0. The molecule has 4 rings (SSSR count). The maximum atomic E-state index is 12.0. The molecule has 14 heteroatoms. The van der Waals surface area contributed by atoms with Crippen molar-refractivity contribution in [1.82, 2.24) is 24.9 Å². The van der Waals surface area contributed by atoms with E-state index in [2.05, 4.69) is 21.6 Å². The summed E-state index contributed by atoms with van der Waals surface area (Å²) in [6.07, 6.45) is -1.81. The summed E-state index contributed by atoms with van der Waals surface area (Å²) >= 11 is 0. The zero-order valence-electron chi connectivity index (χ0n) is 22.0. The van der Waals surface area contributed by atoms with Crippen LogP contribution in [0, 0.1) is 11.3 Å². The first kappa shape index (κ1) is 27.4. The molecule has 0 amide bonds. The highest BCUT2D eigenvalue weighted by Gasteiger charge is 2.51. The van der Waals surface area contributed by atoms with Gasteiger partial charge >= 0.3 is 17.9 Å². The fourth-order valence-corrected chi connectivity index (χ4v) is 4.34. The molecule has 1 aromatic carbocycles. The highest BCUT2D eigenvalue weighted by Crippen LogP contribution is 2.34. The molecule has 3 aromatic rings. The fraction of sp³-hybridized carbons (Fsp3) is 0.440. The molecular weight excluding hydrogens is 510 g/mol. The summed E-state index contributed by atoms with van der Waals surface area (Å²) in [5, 5.41) is 22.1. The number of benzene rings is 1. The van der Waals surface area contributed by atoms with Crippen LogP contribution in [-0.2, 0) is 39.9 Å². The van der Waals surface area contributed by atoms with E-state index in [1.165, 1.54) is 25.5 Å². The molecule has 0 radical (unpaired) electrons. The van der Waals surface area contributed by atoms with Crippen molar-refractivity contribution in [2.45, 2.75) is 71.8 Å². The van der Waals surface area contributed by atoms with E-state index in [-0.39, 0.29) is 0 Å². The number of carbonyl (C=O) groups excluding carboxylic acids is 3. The van der Waals surface area contributed by atoms with Gasteiger partial charge in [-0.3, -0.25) is 14.4 Å². The lowest BCUT2D eigenvalue weighted by Crippen LogP contribution is -2.58. The SMILES string of the molecule is CC[n+]1nn(-c2ccc(C#N)cc2)cc1-c1cn([C@H]2O[C@H](C)[C@H](OC(C)=O)[C@H](OC(C)=O)[C@H]2OC(C)=O)nn1. The summed E-state index contributed by atoms with van der Waals surface area (Å²) in [5.74, 6) is -1.92. The normalized spacial score (nSPS) is 22.5. The lowest BCUT2D eigenvalue weighted by molar-refractivity contribution is -0.742. The van der Waals surface area contributed by atoms with Crippen LogP contribution in [0.3, 0.4) is 0 Å². The molecule has 1 fully saturated rings. The Labute approximate surface area is 223 Å². The molecule has 3 heterocycles. The van der Waals surface area contributed by atoms with Crippen molar-refractivity contribution in [2.24, 2.45) is 0 Å². The van der Waals surface area contributed by atoms with Crippen LogP contribution in [0.4, 0.5) is 0 Å². The van der Waals surface area contributed by atoms with Gasteiger partial charge in [-0.05, 0) is 38.1 Å². The Balaban J connectivity index is 1.70. The average molecular weight is 539 g/mol. The standard InChI is InChI=1S/C25H28N7O7/c1-6-30-21(13-31(29-30)19-9-7-18(11-26)8-10-19)20-12-32(28-27-20)25-24(39-17(5)35)23(38-16(4)34)22(14(2)36-25)37-15(3)33/h7-10,12-14,22-25H,6H2,1-5H3/q+1/t14-,22+,23+,24-,25+/m1/s1. The number of aryl methyl sites for hydroxylation is 1. The van der Waals surface area contributed by atoms with Crippen LogP contribution < -0.4 is 4.68 Å². The van der Waals surface area contributed by atoms with Gasteiger partial charge in [0.1, 0.15) is 6.54 Å². The third kappa shape index (κ3) is 5.93. The van der Waals surface area contributed by atoms with Gasteiger partial charge < -0.3 is 18.9 Å². The van der Waals surface area contributed by atoms with Crippen molar-refractivity contribution in [3.8, 4) is 23.1 Å². The Bertz CT molecular complexity index is 1410. The van der Waals surface area contributed by atoms with Crippen LogP contribution in [-0.4, -0.2) is 67.2 Å². The molecule has 5 atom stereocenters. The molecular formula is C25H28N7O7+. The summed E-state index contributed by atoms with van der Waals surface area (Å²) in [6.45, 7) is 7.71. The number of hydrogen-bond acceptors (Lipinski definition) is 11. The molecule has 39 heavy (non-hydrogen) atoms. The zero-order chi connectivity index (χ0) is 28.3. The van der Waals surface area contributed by atoms with E-state index in [0.29, 0.717) is 23.5 Å². The topological polar surface area (TPSA) is 164 Å². The van der Waals surface area contributed by atoms with E-state index < -0.39 is 48.6 Å². The first-order chi connectivity index (χ1) is 18.6. The smallest absolute Gasteiger partial charge is 0.303 e. The summed E-state index contributed by atoms with van der Waals surface area (Å²) in [6, 6.07) is 9.04. The van der Waals surface area contributed by atoms with E-state index in [0.717, 1.165) is 5.69 Å². The lowest BCUT2D eigenvalue weighted by Gasteiger charge is -2.43.